The van der Waals surface area contributed by atoms with Gasteiger partial charge in [-0.3, -0.25) is 14.6 Å². The van der Waals surface area contributed by atoms with E-state index in [9.17, 15) is 23.2 Å². The average Bonchev–Trinajstić information content (AvgIpc) is 3.92. The molecule has 3 fully saturated rings. The highest BCUT2D eigenvalue weighted by atomic mass is 19.4. The number of carbonyl (C=O) groups excluding carboxylic acids is 1. The van der Waals surface area contributed by atoms with Crippen LogP contribution in [0.2, 0.25) is 0 Å². The molecule has 0 atom stereocenters. The van der Waals surface area contributed by atoms with Crippen LogP contribution in [0.1, 0.15) is 64.7 Å². The summed E-state index contributed by atoms with van der Waals surface area (Å²) in [5, 5.41) is 21.4. The van der Waals surface area contributed by atoms with Gasteiger partial charge in [-0.05, 0) is 115 Å². The van der Waals surface area contributed by atoms with E-state index in [1.54, 1.807) is 41.2 Å². The third-order valence-electron chi connectivity index (χ3n) is 10.1. The molecule has 240 valence electrons. The van der Waals surface area contributed by atoms with Gasteiger partial charge in [0.05, 0.1) is 23.7 Å². The number of halogens is 3. The summed E-state index contributed by atoms with van der Waals surface area (Å²) in [5.74, 6) is 1.32. The number of alkyl halides is 3. The van der Waals surface area contributed by atoms with Gasteiger partial charge in [0.1, 0.15) is 18.0 Å². The van der Waals surface area contributed by atoms with Gasteiger partial charge in [0, 0.05) is 37.8 Å². The third-order valence-corrected chi connectivity index (χ3v) is 10.1. The van der Waals surface area contributed by atoms with Crippen LogP contribution in [0.15, 0.2) is 48.8 Å². The van der Waals surface area contributed by atoms with Gasteiger partial charge < -0.3 is 9.88 Å². The maximum atomic E-state index is 14.5. The van der Waals surface area contributed by atoms with Crippen molar-refractivity contribution in [2.45, 2.75) is 51.4 Å². The first-order valence-electron chi connectivity index (χ1n) is 16.0. The number of anilines is 2. The Morgan fingerprint density at radius 3 is 2.57 bits per heavy atom. The van der Waals surface area contributed by atoms with Gasteiger partial charge in [-0.2, -0.15) is 18.4 Å². The van der Waals surface area contributed by atoms with Gasteiger partial charge in [0.15, 0.2) is 5.82 Å². The molecule has 1 spiro atoms. The van der Waals surface area contributed by atoms with E-state index in [1.165, 1.54) is 23.8 Å². The molecule has 0 unspecified atom stereocenters. The third kappa shape index (κ3) is 5.63. The smallest absolute Gasteiger partial charge is 0.370 e. The lowest BCUT2D eigenvalue weighted by molar-refractivity contribution is -0.138. The Kier molecular flexibility index (Phi) is 6.88. The van der Waals surface area contributed by atoms with E-state index in [4.69, 9.17) is 4.98 Å². The van der Waals surface area contributed by atoms with Crippen molar-refractivity contribution in [2.24, 2.45) is 18.4 Å². The number of carbonyl (C=O) groups is 1. The number of aryl methyl sites for hydroxylation is 1. The maximum absolute atomic E-state index is 14.5. The first kappa shape index (κ1) is 29.6. The highest BCUT2D eigenvalue weighted by molar-refractivity contribution is 6.10. The fourth-order valence-corrected chi connectivity index (χ4v) is 7.05. The Balaban J connectivity index is 1.19. The van der Waals surface area contributed by atoms with Crippen molar-refractivity contribution in [1.29, 1.82) is 5.26 Å². The Bertz CT molecular complexity index is 1950. The number of aromatic nitrogens is 4. The normalized spacial score (nSPS) is 18.5. The van der Waals surface area contributed by atoms with Gasteiger partial charge in [0.25, 0.3) is 5.91 Å². The SMILES string of the molecule is Cn1cnnc1-c1ccc(C#N)cc1-c1cc(NCC2CC2)nc(N2Cc3c(cc(CN4CCC5(CC5)C4)cc3C(F)(F)F)C2=O)c1. The zero-order chi connectivity index (χ0) is 32.5. The average molecular weight is 639 g/mol. The molecule has 1 N–H and O–H groups in total. The van der Waals surface area contributed by atoms with E-state index < -0.39 is 17.6 Å². The fourth-order valence-electron chi connectivity index (χ4n) is 7.05. The number of amides is 1. The van der Waals surface area contributed by atoms with E-state index in [0.717, 1.165) is 32.4 Å². The number of fused-ring (bicyclic) bond motifs is 1. The predicted octanol–water partition coefficient (Wildman–Crippen LogP) is 6.40. The zero-order valence-electron chi connectivity index (χ0n) is 25.9. The van der Waals surface area contributed by atoms with Crippen LogP contribution in [0, 0.1) is 22.7 Å². The number of hydrogen-bond acceptors (Lipinski definition) is 7. The standard InChI is InChI=1S/C35H33F3N8O/c1-44-20-41-43-32(44)25-5-4-22(15-39)10-26(25)24-13-30(40-16-21-2-3-21)42-31(14-24)46-18-28-27(33(46)47)11-23(12-29(28)35(36,37)38)17-45-9-8-34(19-45)6-7-34/h4-5,10-14,20-21H,2-3,6-9,16-19H2,1H3,(H,40,42). The van der Waals surface area contributed by atoms with Crippen LogP contribution in [-0.4, -0.2) is 50.2 Å². The zero-order valence-corrected chi connectivity index (χ0v) is 25.9. The Hall–Kier alpha value is -4.76. The number of rotatable bonds is 8. The number of likely N-dealkylation sites (tertiary alicyclic amines) is 1. The lowest BCUT2D eigenvalue weighted by Crippen LogP contribution is -2.25. The van der Waals surface area contributed by atoms with E-state index in [0.29, 0.717) is 63.9 Å². The molecule has 0 radical (unpaired) electrons. The Morgan fingerprint density at radius 1 is 1.06 bits per heavy atom. The summed E-state index contributed by atoms with van der Waals surface area (Å²) in [5.41, 5.74) is 2.57. The minimum Gasteiger partial charge on any atom is -0.370 e. The molecule has 4 aromatic rings. The number of nitriles is 1. The van der Waals surface area contributed by atoms with E-state index in [-0.39, 0.29) is 23.5 Å². The van der Waals surface area contributed by atoms with Gasteiger partial charge in [-0.1, -0.05) is 0 Å². The highest BCUT2D eigenvalue weighted by Gasteiger charge is 2.48. The van der Waals surface area contributed by atoms with Crippen molar-refractivity contribution in [3.05, 3.63) is 76.6 Å². The summed E-state index contributed by atoms with van der Waals surface area (Å²) in [6.07, 6.45) is 2.62. The molecule has 1 amide bonds. The first-order chi connectivity index (χ1) is 22.6. The van der Waals surface area contributed by atoms with Gasteiger partial charge in [-0.25, -0.2) is 4.98 Å². The molecule has 9 nitrogen and oxygen atoms in total. The molecule has 4 heterocycles. The van der Waals surface area contributed by atoms with Crippen LogP contribution in [0.5, 0.6) is 0 Å². The summed E-state index contributed by atoms with van der Waals surface area (Å²) in [4.78, 5) is 22.3. The van der Waals surface area contributed by atoms with Crippen molar-refractivity contribution in [3.63, 3.8) is 0 Å². The lowest BCUT2D eigenvalue weighted by atomic mass is 9.97. The molecule has 12 heteroatoms. The Morgan fingerprint density at radius 2 is 1.89 bits per heavy atom. The topological polar surface area (TPSA) is 103 Å². The van der Waals surface area contributed by atoms with Gasteiger partial charge in [-0.15, -0.1) is 10.2 Å². The van der Waals surface area contributed by atoms with Crippen molar-refractivity contribution < 1.29 is 18.0 Å². The summed E-state index contributed by atoms with van der Waals surface area (Å²) in [6.45, 7) is 2.58. The van der Waals surface area contributed by atoms with Crippen molar-refractivity contribution in [3.8, 4) is 28.6 Å². The van der Waals surface area contributed by atoms with Crippen molar-refractivity contribution in [1.82, 2.24) is 24.6 Å². The molecule has 0 bridgehead atoms. The molecule has 2 aliphatic carbocycles. The lowest BCUT2D eigenvalue weighted by Gasteiger charge is -2.19. The molecule has 1 saturated heterocycles. The number of nitrogens with one attached hydrogen (secondary N) is 1. The number of hydrogen-bond donors (Lipinski definition) is 1. The maximum Gasteiger partial charge on any atom is 0.416 e. The second-order valence-electron chi connectivity index (χ2n) is 13.6. The van der Waals surface area contributed by atoms with Crippen LogP contribution in [0.25, 0.3) is 22.5 Å². The minimum atomic E-state index is -4.62. The minimum absolute atomic E-state index is 0.0303. The Labute approximate surface area is 270 Å². The van der Waals surface area contributed by atoms with Crippen LogP contribution >= 0.6 is 0 Å². The molecular weight excluding hydrogens is 605 g/mol. The van der Waals surface area contributed by atoms with Crippen LogP contribution < -0.4 is 10.2 Å². The molecular formula is C35H33F3N8O. The van der Waals surface area contributed by atoms with Crippen molar-refractivity contribution in [2.75, 3.05) is 29.9 Å². The van der Waals surface area contributed by atoms with E-state index in [1.807, 2.05) is 13.1 Å². The molecule has 4 aliphatic rings. The quantitative estimate of drug-likeness (QED) is 0.238. The number of nitrogens with zero attached hydrogens (tertiary/aromatic N) is 7. The summed E-state index contributed by atoms with van der Waals surface area (Å²) in [7, 11) is 1.82. The second kappa shape index (κ2) is 10.9. The molecule has 2 saturated carbocycles. The molecule has 8 rings (SSSR count). The van der Waals surface area contributed by atoms with Gasteiger partial charge >= 0.3 is 6.18 Å². The van der Waals surface area contributed by atoms with E-state index >= 15 is 0 Å². The highest BCUT2D eigenvalue weighted by Crippen LogP contribution is 2.53. The fraction of sp³-hybridized carbons (Fsp3) is 0.400. The molecule has 47 heavy (non-hydrogen) atoms. The molecule has 2 aromatic heterocycles. The first-order valence-corrected chi connectivity index (χ1v) is 16.0. The van der Waals surface area contributed by atoms with Gasteiger partial charge in [0.2, 0.25) is 0 Å². The second-order valence-corrected chi connectivity index (χ2v) is 13.6. The number of benzene rings is 2. The van der Waals surface area contributed by atoms with Crippen LogP contribution in [0.3, 0.4) is 0 Å². The van der Waals surface area contributed by atoms with E-state index in [2.05, 4.69) is 26.5 Å². The number of pyridine rings is 1. The monoisotopic (exact) mass is 638 g/mol. The summed E-state index contributed by atoms with van der Waals surface area (Å²) >= 11 is 0. The molecule has 2 aliphatic heterocycles. The van der Waals surface area contributed by atoms with Crippen LogP contribution in [0.4, 0.5) is 24.8 Å². The predicted molar refractivity (Wildman–Crippen MR) is 169 cm³/mol. The summed E-state index contributed by atoms with van der Waals surface area (Å²) in [6, 6.07) is 13.8. The summed E-state index contributed by atoms with van der Waals surface area (Å²) < 4.78 is 45.4. The largest absolute Gasteiger partial charge is 0.416 e. The van der Waals surface area contributed by atoms with Crippen LogP contribution in [-0.2, 0) is 26.3 Å². The molecule has 2 aromatic carbocycles. The van der Waals surface area contributed by atoms with Crippen molar-refractivity contribution >= 4 is 17.5 Å².